The van der Waals surface area contributed by atoms with E-state index in [1.807, 2.05) is 0 Å². The predicted molar refractivity (Wildman–Crippen MR) is 22.7 cm³/mol. The van der Waals surface area contributed by atoms with Crippen molar-refractivity contribution in [1.82, 2.24) is 6.15 Å². The normalized spacial score (nSPS) is 4.86. The van der Waals surface area contributed by atoms with Gasteiger partial charge in [0.1, 0.15) is 0 Å². The summed E-state index contributed by atoms with van der Waals surface area (Å²) in [5, 5.41) is 0. The molecule has 0 amide bonds. The summed E-state index contributed by atoms with van der Waals surface area (Å²) < 4.78 is 4.11. The number of ether oxygens (including phenoxy) is 1. The van der Waals surface area contributed by atoms with Crippen LogP contribution >= 0.6 is 0 Å². The number of rotatable bonds is 0. The van der Waals surface area contributed by atoms with Gasteiger partial charge in [0, 0.05) is 27.3 Å². The van der Waals surface area contributed by atoms with E-state index in [-0.39, 0.29) is 32.5 Å². The number of hydrogen-bond acceptors (Lipinski definition) is 3. The van der Waals surface area contributed by atoms with Crippen LogP contribution in [0.3, 0.4) is 0 Å². The molecular formula is C3H9NO2Pd. The summed E-state index contributed by atoms with van der Waals surface area (Å²) in [6.45, 7) is 1.36. The Morgan fingerprint density at radius 2 is 1.71 bits per heavy atom. The largest absolute Gasteiger partial charge is 0.469 e. The Morgan fingerprint density at radius 1 is 1.57 bits per heavy atom. The maximum atomic E-state index is 9.59. The molecule has 3 nitrogen and oxygen atoms in total. The number of hydrogen-bond donors (Lipinski definition) is 1. The maximum absolute atomic E-state index is 9.59. The molecule has 0 rings (SSSR count). The van der Waals surface area contributed by atoms with E-state index >= 15 is 0 Å². The van der Waals surface area contributed by atoms with Crippen molar-refractivity contribution >= 4 is 5.97 Å². The van der Waals surface area contributed by atoms with Crippen LogP contribution in [-0.4, -0.2) is 13.1 Å². The molecule has 7 heavy (non-hydrogen) atoms. The molecule has 3 N–H and O–H groups in total. The van der Waals surface area contributed by atoms with Crippen LogP contribution in [-0.2, 0) is 30.0 Å². The van der Waals surface area contributed by atoms with Crippen molar-refractivity contribution in [1.29, 1.82) is 0 Å². The van der Waals surface area contributed by atoms with Crippen molar-refractivity contribution in [3.05, 3.63) is 0 Å². The summed E-state index contributed by atoms with van der Waals surface area (Å²) >= 11 is 0. The molecule has 0 aliphatic rings. The Labute approximate surface area is 56.7 Å². The van der Waals surface area contributed by atoms with Gasteiger partial charge in [0.2, 0.25) is 0 Å². The molecule has 0 unspecified atom stereocenters. The number of carbonyl (C=O) groups is 1. The summed E-state index contributed by atoms with van der Waals surface area (Å²) in [7, 11) is 1.35. The van der Waals surface area contributed by atoms with E-state index < -0.39 is 0 Å². The van der Waals surface area contributed by atoms with E-state index in [2.05, 4.69) is 4.74 Å². The van der Waals surface area contributed by atoms with Crippen LogP contribution < -0.4 is 6.15 Å². The molecule has 0 saturated heterocycles. The SMILES string of the molecule is COC(C)=O.N.[Pd]. The van der Waals surface area contributed by atoms with Crippen LogP contribution in [0, 0.1) is 0 Å². The number of methoxy groups -OCH3 is 1. The molecule has 0 atom stereocenters. The van der Waals surface area contributed by atoms with Crippen LogP contribution in [0.2, 0.25) is 0 Å². The summed E-state index contributed by atoms with van der Waals surface area (Å²) in [6.07, 6.45) is 0. The van der Waals surface area contributed by atoms with Gasteiger partial charge in [0.25, 0.3) is 0 Å². The number of esters is 1. The molecule has 4 heteroatoms. The minimum absolute atomic E-state index is 0. The van der Waals surface area contributed by atoms with E-state index in [1.165, 1.54) is 14.0 Å². The van der Waals surface area contributed by atoms with E-state index in [1.54, 1.807) is 0 Å². The van der Waals surface area contributed by atoms with Crippen LogP contribution in [0.5, 0.6) is 0 Å². The second kappa shape index (κ2) is 9.43. The molecule has 0 radical (unpaired) electrons. The summed E-state index contributed by atoms with van der Waals surface area (Å²) in [6, 6.07) is 0. The molecule has 0 aromatic rings. The third kappa shape index (κ3) is 23.3. The molecule has 48 valence electrons. The van der Waals surface area contributed by atoms with Gasteiger partial charge < -0.3 is 10.9 Å². The Bertz CT molecular complexity index is 48.2. The Morgan fingerprint density at radius 3 is 1.71 bits per heavy atom. The fraction of sp³-hybridized carbons (Fsp3) is 0.667. The molecule has 0 aromatic heterocycles. The smallest absolute Gasteiger partial charge is 0.302 e. The summed E-state index contributed by atoms with van der Waals surface area (Å²) in [4.78, 5) is 9.59. The number of carbonyl (C=O) groups excluding carboxylic acids is 1. The van der Waals surface area contributed by atoms with Gasteiger partial charge in [-0.2, -0.15) is 0 Å². The molecule has 0 bridgehead atoms. The van der Waals surface area contributed by atoms with Crippen molar-refractivity contribution < 1.29 is 30.0 Å². The zero-order chi connectivity index (χ0) is 4.28. The zero-order valence-electron chi connectivity index (χ0n) is 4.34. The molecule has 0 aliphatic carbocycles. The summed E-state index contributed by atoms with van der Waals surface area (Å²) in [5.74, 6) is -0.245. The second-order valence-corrected chi connectivity index (χ2v) is 0.696. The van der Waals surface area contributed by atoms with Crippen molar-refractivity contribution in [3.63, 3.8) is 0 Å². The minimum atomic E-state index is -0.245. The molecule has 0 aromatic carbocycles. The third-order valence-electron chi connectivity index (χ3n) is 0.287. The fourth-order valence-electron chi connectivity index (χ4n) is 0. The first-order valence-electron chi connectivity index (χ1n) is 1.32. The molecule has 0 saturated carbocycles. The minimum Gasteiger partial charge on any atom is -0.469 e. The predicted octanol–water partition coefficient (Wildman–Crippen LogP) is 0.339. The van der Waals surface area contributed by atoms with Gasteiger partial charge in [-0.05, 0) is 0 Å². The van der Waals surface area contributed by atoms with Crippen LogP contribution in [0.1, 0.15) is 6.92 Å². The molecule has 0 aliphatic heterocycles. The van der Waals surface area contributed by atoms with Crippen molar-refractivity contribution in [3.8, 4) is 0 Å². The van der Waals surface area contributed by atoms with E-state index in [0.717, 1.165) is 0 Å². The first kappa shape index (κ1) is 15.7. The van der Waals surface area contributed by atoms with Crippen molar-refractivity contribution in [2.45, 2.75) is 6.92 Å². The van der Waals surface area contributed by atoms with Crippen molar-refractivity contribution in [2.75, 3.05) is 7.11 Å². The van der Waals surface area contributed by atoms with Gasteiger partial charge >= 0.3 is 5.97 Å². The topological polar surface area (TPSA) is 61.3 Å². The van der Waals surface area contributed by atoms with Gasteiger partial charge in [-0.1, -0.05) is 0 Å². The van der Waals surface area contributed by atoms with Gasteiger partial charge in [-0.15, -0.1) is 0 Å². The van der Waals surface area contributed by atoms with E-state index in [0.29, 0.717) is 0 Å². The van der Waals surface area contributed by atoms with Crippen LogP contribution in [0.15, 0.2) is 0 Å². The van der Waals surface area contributed by atoms with Gasteiger partial charge in [-0.25, -0.2) is 0 Å². The monoisotopic (exact) mass is 197 g/mol. The zero-order valence-corrected chi connectivity index (χ0v) is 5.89. The van der Waals surface area contributed by atoms with Gasteiger partial charge in [0.05, 0.1) is 7.11 Å². The molecule has 0 fully saturated rings. The van der Waals surface area contributed by atoms with E-state index in [4.69, 9.17) is 0 Å². The molecule has 0 spiro atoms. The Balaban J connectivity index is -0.0000000800. The van der Waals surface area contributed by atoms with Gasteiger partial charge in [-0.3, -0.25) is 4.79 Å². The summed E-state index contributed by atoms with van der Waals surface area (Å²) in [5.41, 5.74) is 0. The standard InChI is InChI=1S/C3H6O2.H3N.Pd/c1-3(4)5-2;;/h1-2H3;1H3;. The van der Waals surface area contributed by atoms with Crippen molar-refractivity contribution in [2.24, 2.45) is 0 Å². The molecule has 0 heterocycles. The van der Waals surface area contributed by atoms with E-state index in [9.17, 15) is 4.79 Å². The molecular weight excluding hydrogens is 188 g/mol. The van der Waals surface area contributed by atoms with Crippen LogP contribution in [0.4, 0.5) is 0 Å². The quantitative estimate of drug-likeness (QED) is 0.450. The first-order valence-corrected chi connectivity index (χ1v) is 1.32. The fourth-order valence-corrected chi connectivity index (χ4v) is 0. The third-order valence-corrected chi connectivity index (χ3v) is 0.287. The Hall–Kier alpha value is 0.0923. The second-order valence-electron chi connectivity index (χ2n) is 0.696. The maximum Gasteiger partial charge on any atom is 0.302 e. The first-order chi connectivity index (χ1) is 2.27. The average molecular weight is 198 g/mol. The van der Waals surface area contributed by atoms with Crippen LogP contribution in [0.25, 0.3) is 0 Å². The van der Waals surface area contributed by atoms with Gasteiger partial charge in [0.15, 0.2) is 0 Å². The Kier molecular flexibility index (Phi) is 21.2. The average Bonchev–Trinajstić information content (AvgIpc) is 1.38.